The molecule has 8 heteroatoms. The van der Waals surface area contributed by atoms with Crippen molar-refractivity contribution in [1.82, 2.24) is 0 Å². The molecule has 4 N–H and O–H groups in total. The Kier molecular flexibility index (Phi) is 3.72. The molecule has 0 heterocycles. The lowest BCUT2D eigenvalue weighted by Gasteiger charge is -2.14. The van der Waals surface area contributed by atoms with Gasteiger partial charge in [0.25, 0.3) is 0 Å². The van der Waals surface area contributed by atoms with Gasteiger partial charge in [-0.15, -0.1) is 0 Å². The molecule has 0 aliphatic rings. The first-order valence-corrected chi connectivity index (χ1v) is 4.71. The van der Waals surface area contributed by atoms with E-state index in [1.807, 2.05) is 5.32 Å². The number of rotatable bonds is 3. The molecule has 1 aromatic carbocycles. The van der Waals surface area contributed by atoms with Crippen molar-refractivity contribution in [3.05, 3.63) is 22.7 Å². The fourth-order valence-electron chi connectivity index (χ4n) is 1.16. The van der Waals surface area contributed by atoms with Crippen molar-refractivity contribution in [3.8, 4) is 0 Å². The molecule has 0 bridgehead atoms. The largest absolute Gasteiger partial charge is 0.478 e. The Hall–Kier alpha value is -1.63. The van der Waals surface area contributed by atoms with Gasteiger partial charge < -0.3 is 16.2 Å². The Morgan fingerprint density at radius 3 is 2.53 bits per heavy atom. The van der Waals surface area contributed by atoms with Gasteiger partial charge in [0.2, 0.25) is 0 Å². The summed E-state index contributed by atoms with van der Waals surface area (Å²) in [6.45, 7) is -1.38. The van der Waals surface area contributed by atoms with E-state index in [9.17, 15) is 18.0 Å². The van der Waals surface area contributed by atoms with Crippen LogP contribution in [0.4, 0.5) is 24.5 Å². The second-order valence-corrected chi connectivity index (χ2v) is 3.61. The molecule has 1 aromatic rings. The topological polar surface area (TPSA) is 75.3 Å². The van der Waals surface area contributed by atoms with E-state index in [2.05, 4.69) is 0 Å². The Morgan fingerprint density at radius 1 is 1.47 bits per heavy atom. The Balaban J connectivity index is 3.09. The molecule has 0 atom stereocenters. The van der Waals surface area contributed by atoms with Gasteiger partial charge in [0.1, 0.15) is 6.54 Å². The number of nitrogens with one attached hydrogen (secondary N) is 1. The highest BCUT2D eigenvalue weighted by molar-refractivity contribution is 6.34. The number of hydrogen-bond acceptors (Lipinski definition) is 3. The molecule has 0 spiro atoms. The highest BCUT2D eigenvalue weighted by Gasteiger charge is 2.28. The number of carboxylic acids is 1. The van der Waals surface area contributed by atoms with Crippen molar-refractivity contribution in [3.63, 3.8) is 0 Å². The van der Waals surface area contributed by atoms with Gasteiger partial charge in [0.15, 0.2) is 0 Å². The van der Waals surface area contributed by atoms with Crippen LogP contribution in [0.5, 0.6) is 0 Å². The third-order valence-corrected chi connectivity index (χ3v) is 2.11. The van der Waals surface area contributed by atoms with E-state index in [4.69, 9.17) is 22.4 Å². The van der Waals surface area contributed by atoms with Crippen molar-refractivity contribution < 1.29 is 23.1 Å². The zero-order chi connectivity index (χ0) is 13.2. The number of benzene rings is 1. The number of alkyl halides is 3. The summed E-state index contributed by atoms with van der Waals surface area (Å²) in [5, 5.41) is 10.6. The molecule has 0 aliphatic carbocycles. The van der Waals surface area contributed by atoms with Crippen LogP contribution in [0, 0.1) is 0 Å². The zero-order valence-electron chi connectivity index (χ0n) is 8.31. The second-order valence-electron chi connectivity index (χ2n) is 3.20. The van der Waals surface area contributed by atoms with E-state index in [-0.39, 0.29) is 16.4 Å². The quantitative estimate of drug-likeness (QED) is 0.737. The molecule has 0 radical (unpaired) electrons. The van der Waals surface area contributed by atoms with E-state index in [1.165, 1.54) is 6.07 Å². The van der Waals surface area contributed by atoms with E-state index >= 15 is 0 Å². The lowest BCUT2D eigenvalue weighted by atomic mass is 10.1. The monoisotopic (exact) mass is 268 g/mol. The summed E-state index contributed by atoms with van der Waals surface area (Å²) in [6, 6.07) is 2.21. The zero-order valence-corrected chi connectivity index (χ0v) is 9.06. The minimum Gasteiger partial charge on any atom is -0.478 e. The van der Waals surface area contributed by atoms with Gasteiger partial charge >= 0.3 is 12.1 Å². The third kappa shape index (κ3) is 3.70. The van der Waals surface area contributed by atoms with Gasteiger partial charge in [0, 0.05) is 5.69 Å². The lowest BCUT2D eigenvalue weighted by Crippen LogP contribution is -2.22. The molecule has 0 aromatic heterocycles. The minimum atomic E-state index is -4.47. The Bertz CT molecular complexity index is 449. The van der Waals surface area contributed by atoms with Gasteiger partial charge in [-0.1, -0.05) is 11.6 Å². The molecule has 94 valence electrons. The first-order valence-electron chi connectivity index (χ1n) is 4.33. The molecule has 0 amide bonds. The summed E-state index contributed by atoms with van der Waals surface area (Å²) in [4.78, 5) is 10.8. The highest BCUT2D eigenvalue weighted by atomic mass is 35.5. The number of nitrogens with two attached hydrogens (primary N) is 1. The van der Waals surface area contributed by atoms with Crippen LogP contribution in [0.15, 0.2) is 12.1 Å². The van der Waals surface area contributed by atoms with Crippen LogP contribution in [0.25, 0.3) is 0 Å². The van der Waals surface area contributed by atoms with E-state index in [1.54, 1.807) is 0 Å². The van der Waals surface area contributed by atoms with Gasteiger partial charge in [-0.05, 0) is 12.1 Å². The fourth-order valence-corrected chi connectivity index (χ4v) is 1.46. The molecular weight excluding hydrogens is 261 g/mol. The van der Waals surface area contributed by atoms with Crippen molar-refractivity contribution in [2.75, 3.05) is 17.6 Å². The van der Waals surface area contributed by atoms with Gasteiger partial charge in [-0.3, -0.25) is 0 Å². The maximum absolute atomic E-state index is 12.0. The van der Waals surface area contributed by atoms with Crippen LogP contribution in [-0.4, -0.2) is 23.8 Å². The first kappa shape index (κ1) is 13.4. The molecule has 4 nitrogen and oxygen atoms in total. The van der Waals surface area contributed by atoms with Crippen molar-refractivity contribution in [2.24, 2.45) is 0 Å². The van der Waals surface area contributed by atoms with Crippen LogP contribution in [-0.2, 0) is 0 Å². The maximum atomic E-state index is 12.0. The van der Waals surface area contributed by atoms with E-state index < -0.39 is 24.3 Å². The highest BCUT2D eigenvalue weighted by Crippen LogP contribution is 2.30. The molecule has 0 unspecified atom stereocenters. The average molecular weight is 269 g/mol. The minimum absolute atomic E-state index is 0.0601. The van der Waals surface area contributed by atoms with Crippen molar-refractivity contribution in [2.45, 2.75) is 6.18 Å². The molecule has 0 saturated heterocycles. The van der Waals surface area contributed by atoms with Gasteiger partial charge in [-0.25, -0.2) is 4.79 Å². The predicted molar refractivity (Wildman–Crippen MR) is 57.4 cm³/mol. The van der Waals surface area contributed by atoms with Crippen LogP contribution in [0.1, 0.15) is 10.4 Å². The summed E-state index contributed by atoms with van der Waals surface area (Å²) < 4.78 is 36.0. The van der Waals surface area contributed by atoms with Gasteiger partial charge in [-0.2, -0.15) is 13.2 Å². The number of aromatic carboxylic acids is 1. The molecule has 0 saturated carbocycles. The summed E-state index contributed by atoms with van der Waals surface area (Å²) >= 11 is 5.63. The summed E-state index contributed by atoms with van der Waals surface area (Å²) in [6.07, 6.45) is -4.47. The van der Waals surface area contributed by atoms with E-state index in [0.29, 0.717) is 0 Å². The van der Waals surface area contributed by atoms with Crippen LogP contribution in [0.3, 0.4) is 0 Å². The number of anilines is 2. The molecule has 1 rings (SSSR count). The molecule has 0 aliphatic heterocycles. The number of carboxylic acid groups (broad SMARTS) is 1. The standard InChI is InChI=1S/C9H8ClF3N2O2/c10-6-2-4(14)1-5(8(16)17)7(6)15-3-9(11,12)13/h1-2,15H,3,14H2,(H,16,17). The number of nitrogen functional groups attached to an aromatic ring is 1. The normalized spacial score (nSPS) is 11.3. The predicted octanol–water partition coefficient (Wildman–Crippen LogP) is 2.59. The van der Waals surface area contributed by atoms with Crippen LogP contribution in [0.2, 0.25) is 5.02 Å². The lowest BCUT2D eigenvalue weighted by molar-refractivity contribution is -0.115. The number of halogens is 4. The summed E-state index contributed by atoms with van der Waals surface area (Å²) in [5.41, 5.74) is 4.71. The van der Waals surface area contributed by atoms with Gasteiger partial charge in [0.05, 0.1) is 16.3 Å². The third-order valence-electron chi connectivity index (χ3n) is 1.81. The maximum Gasteiger partial charge on any atom is 0.405 e. The molecule has 0 fully saturated rings. The number of carbonyl (C=O) groups is 1. The van der Waals surface area contributed by atoms with Crippen LogP contribution < -0.4 is 11.1 Å². The van der Waals surface area contributed by atoms with E-state index in [0.717, 1.165) is 6.07 Å². The molecule has 17 heavy (non-hydrogen) atoms. The van der Waals surface area contributed by atoms with Crippen molar-refractivity contribution >= 4 is 28.9 Å². The SMILES string of the molecule is Nc1cc(Cl)c(NCC(F)(F)F)c(C(=O)O)c1. The fraction of sp³-hybridized carbons (Fsp3) is 0.222. The average Bonchev–Trinajstić information content (AvgIpc) is 2.13. The van der Waals surface area contributed by atoms with Crippen molar-refractivity contribution in [1.29, 1.82) is 0 Å². The molecular formula is C9H8ClF3N2O2. The Morgan fingerprint density at radius 2 is 2.06 bits per heavy atom. The van der Waals surface area contributed by atoms with Crippen LogP contribution >= 0.6 is 11.6 Å². The Labute approximate surface area is 99.2 Å². The second kappa shape index (κ2) is 4.70. The summed E-state index contributed by atoms with van der Waals surface area (Å²) in [5.74, 6) is -1.41. The number of hydrogen-bond donors (Lipinski definition) is 3. The first-order chi connectivity index (χ1) is 7.70. The smallest absolute Gasteiger partial charge is 0.405 e. The summed E-state index contributed by atoms with van der Waals surface area (Å²) in [7, 11) is 0.